The second kappa shape index (κ2) is 54.9. The zero-order valence-electron chi connectivity index (χ0n) is 79.5. The number of allylic oxidation sites excluding steroid dienone is 1. The van der Waals surface area contributed by atoms with Gasteiger partial charge in [-0.2, -0.15) is 25.2 Å². The lowest BCUT2D eigenvalue weighted by Gasteiger charge is -2.34. The molecule has 5 aromatic heterocycles. The summed E-state index contributed by atoms with van der Waals surface area (Å²) in [7, 11) is 0. The molecule has 8 aliphatic rings. The molecule has 8 aliphatic heterocycles. The maximum absolute atomic E-state index is 11.1. The highest BCUT2D eigenvalue weighted by Crippen LogP contribution is 2.26. The second-order valence-electron chi connectivity index (χ2n) is 39.5. The zero-order chi connectivity index (χ0) is 88.7. The number of nitrogens with zero attached hydrogens (tertiary/aromatic N) is 24. The molecule has 0 bridgehead atoms. The molecule has 0 spiro atoms. The van der Waals surface area contributed by atoms with Crippen LogP contribution in [0.15, 0.2) is 128 Å². The van der Waals surface area contributed by atoms with Crippen molar-refractivity contribution in [2.75, 3.05) is 77.1 Å². The molecule has 0 saturated carbocycles. The summed E-state index contributed by atoms with van der Waals surface area (Å²) in [5.41, 5.74) is 6.32. The van der Waals surface area contributed by atoms with Crippen molar-refractivity contribution in [1.29, 1.82) is 0 Å². The molecule has 13 rings (SSSR count). The van der Waals surface area contributed by atoms with Gasteiger partial charge < -0.3 is 24.6 Å². The van der Waals surface area contributed by atoms with Gasteiger partial charge in [0.1, 0.15) is 19.0 Å². The third kappa shape index (κ3) is 49.3. The molecule has 0 aliphatic carbocycles. The van der Waals surface area contributed by atoms with Crippen molar-refractivity contribution in [2.24, 2.45) is 4.99 Å². The molecule has 0 unspecified atom stereocenters. The third-order valence-corrected chi connectivity index (χ3v) is 19.5. The van der Waals surface area contributed by atoms with Gasteiger partial charge in [0.2, 0.25) is 11.8 Å². The SMILES string of the molecule is C.C.C.C=C1C=CCN1C(C)(C)C.CC(C)(C)N1C=CCC1=O.CC(C)(C)N1C=CCN1.CC(C)(C)N1C=NCC1.CC(C)(C)N1CC=CC1.CC(C)(C)N1CCCC1.CC(C)(C)N1CCCC1=O.CC(C)(C)N1CCSC1.CC(C)(C)n1cccn1.CC(C)n1ccnn1.CC(C)n1cncn1.CC(C)n1cnnn1.CC(C)n1nccn1. The van der Waals surface area contributed by atoms with Crippen LogP contribution < -0.4 is 5.43 Å². The number of hydrogen-bond acceptors (Lipinski definition) is 21. The van der Waals surface area contributed by atoms with Gasteiger partial charge in [0, 0.05) is 169 Å². The summed E-state index contributed by atoms with van der Waals surface area (Å²) in [6.45, 7) is 90.3. The number of hydrazine groups is 1. The minimum atomic E-state index is -0.0515. The quantitative estimate of drug-likeness (QED) is 0.165. The molecule has 684 valence electrons. The summed E-state index contributed by atoms with van der Waals surface area (Å²) in [5.74, 6) is 3.06. The Bertz CT molecular complexity index is 3250. The van der Waals surface area contributed by atoms with E-state index in [-0.39, 0.29) is 61.4 Å². The highest BCUT2D eigenvalue weighted by Gasteiger charge is 2.31. The van der Waals surface area contributed by atoms with E-state index in [2.05, 4.69) is 328 Å². The van der Waals surface area contributed by atoms with E-state index >= 15 is 0 Å². The van der Waals surface area contributed by atoms with E-state index in [1.165, 1.54) is 44.1 Å². The number of hydrogen-bond donors (Lipinski definition) is 1. The Hall–Kier alpha value is -7.40. The number of aliphatic imine (C=N–C) groups is 1. The van der Waals surface area contributed by atoms with Crippen LogP contribution in [-0.4, -0.2) is 254 Å². The summed E-state index contributed by atoms with van der Waals surface area (Å²) >= 11 is 2.03. The summed E-state index contributed by atoms with van der Waals surface area (Å²) in [5, 5.41) is 36.0. The van der Waals surface area contributed by atoms with Gasteiger partial charge in [-0.1, -0.05) is 64.5 Å². The van der Waals surface area contributed by atoms with Crippen LogP contribution in [0.25, 0.3) is 0 Å². The third-order valence-electron chi connectivity index (χ3n) is 18.5. The van der Waals surface area contributed by atoms with Gasteiger partial charge in [0.05, 0.1) is 43.1 Å². The van der Waals surface area contributed by atoms with Crippen LogP contribution in [-0.2, 0) is 15.1 Å². The standard InChI is InChI=1S/C9H15N.C8H15NO.C8H13NO.C8H17N.C8H15N.2C7H14N2.C7H12N2.C7H15NS.3C5H9N3.C4H8N4.3CH4/c1-8-6-5-7-10(8)9(2,3)4;2*1-8(2,3)9-6-4-5-7(9)10;2*1-8(2,3)9-6-4-5-7-9;1-7(2,3)9-5-4-8-6-9;2*1-7(2,3)9-6-4-5-8-9;1-7(2,3)8-4-5-9-6-8;1-5(2)8-4-6-3-7-8;1-5(2)8-4-3-6-7-8;1-5(2)8-6-3-4-7-8;1-4(2)8-3-5-6-7-8;;;/h5-6H,1,7H2,2-4H3;4-6H2,1-3H3;4,6H,5H2,1-3H3;4-7H2,1-3H3;4-5H,6-7H2,1-3H3;6H,4-5H2,1-3H3;4,6,8H,5H2,1-3H3;4-6H,1-3H3;4-6H2,1-3H3;3*3-5H,1-2H3;3-4H,1-2H3;3*1H4. The first kappa shape index (κ1) is 116. The van der Waals surface area contributed by atoms with Crippen molar-refractivity contribution in [2.45, 2.75) is 371 Å². The molecule has 28 heteroatoms. The Morgan fingerprint density at radius 3 is 1.24 bits per heavy atom. The molecular weight excluding hydrogens is 1510 g/mol. The number of aromatic nitrogens is 15. The fourth-order valence-corrected chi connectivity index (χ4v) is 12.4. The molecule has 119 heavy (non-hydrogen) atoms. The maximum atomic E-state index is 11.1. The van der Waals surface area contributed by atoms with Crippen molar-refractivity contribution >= 4 is 29.9 Å². The van der Waals surface area contributed by atoms with Crippen molar-refractivity contribution in [1.82, 2.24) is 119 Å². The number of carbonyl (C=O) groups excluding carboxylic acids is 2. The van der Waals surface area contributed by atoms with Gasteiger partial charge >= 0.3 is 0 Å². The van der Waals surface area contributed by atoms with Crippen LogP contribution in [0.3, 0.4) is 0 Å². The number of nitrogens with one attached hydrogen (secondary N) is 1. The monoisotopic (exact) mass is 1680 g/mol. The van der Waals surface area contributed by atoms with Gasteiger partial charge in [-0.05, 0) is 297 Å². The molecule has 0 radical (unpaired) electrons. The molecule has 1 N–H and O–H groups in total. The van der Waals surface area contributed by atoms with Crippen LogP contribution in [0.4, 0.5) is 0 Å². The molecule has 27 nitrogen and oxygen atoms in total. The second-order valence-corrected chi connectivity index (χ2v) is 40.5. The number of amides is 2. The van der Waals surface area contributed by atoms with Gasteiger partial charge in [0.15, 0.2) is 0 Å². The zero-order valence-corrected chi connectivity index (χ0v) is 80.3. The maximum Gasteiger partial charge on any atom is 0.230 e. The van der Waals surface area contributed by atoms with Gasteiger partial charge in [-0.25, -0.2) is 15.1 Å². The van der Waals surface area contributed by atoms with Gasteiger partial charge in [-0.3, -0.25) is 43.3 Å². The average Bonchev–Trinajstić information content (AvgIpc) is 1.72. The van der Waals surface area contributed by atoms with Crippen molar-refractivity contribution in [3.63, 3.8) is 0 Å². The van der Waals surface area contributed by atoms with E-state index in [1.54, 1.807) is 67.5 Å². The molecule has 5 aromatic rings. The minimum Gasteiger partial charge on any atom is -0.363 e. The predicted octanol–water partition coefficient (Wildman–Crippen LogP) is 19.1. The molecule has 0 atom stereocenters. The molecule has 2 amide bonds. The van der Waals surface area contributed by atoms with Crippen molar-refractivity contribution in [3.05, 3.63) is 123 Å². The Kier molecular flexibility index (Phi) is 53.4. The van der Waals surface area contributed by atoms with Crippen LogP contribution in [0.2, 0.25) is 0 Å². The number of likely N-dealkylation sites (tertiary alicyclic amines) is 2. The van der Waals surface area contributed by atoms with E-state index in [1.807, 2.05) is 107 Å². The lowest BCUT2D eigenvalue weighted by atomic mass is 10.1. The average molecular weight is 1690 g/mol. The smallest absolute Gasteiger partial charge is 0.230 e. The molecular formula is C91H177N25O2S. The van der Waals surface area contributed by atoms with E-state index < -0.39 is 0 Å². The Balaban J connectivity index is -0.00000122. The Morgan fingerprint density at radius 2 is 1.03 bits per heavy atom. The Morgan fingerprint density at radius 1 is 0.462 bits per heavy atom. The van der Waals surface area contributed by atoms with E-state index in [0.717, 1.165) is 64.4 Å². The molecule has 3 saturated heterocycles. The fourth-order valence-electron chi connectivity index (χ4n) is 11.2. The van der Waals surface area contributed by atoms with Crippen LogP contribution >= 0.6 is 11.8 Å². The predicted molar refractivity (Wildman–Crippen MR) is 506 cm³/mol. The lowest BCUT2D eigenvalue weighted by molar-refractivity contribution is -0.132. The first-order valence-corrected chi connectivity index (χ1v) is 43.2. The van der Waals surface area contributed by atoms with Crippen LogP contribution in [0.5, 0.6) is 0 Å². The highest BCUT2D eigenvalue weighted by atomic mass is 32.2. The topological polar surface area (TPSA) is 238 Å². The van der Waals surface area contributed by atoms with E-state index in [9.17, 15) is 9.59 Å². The van der Waals surface area contributed by atoms with Crippen LogP contribution in [0.1, 0.15) is 321 Å². The number of tetrazole rings is 1. The first-order chi connectivity index (χ1) is 53.4. The summed E-state index contributed by atoms with van der Waals surface area (Å²) in [6, 6.07) is 3.54. The summed E-state index contributed by atoms with van der Waals surface area (Å²) in [4.78, 5) is 47.6. The molecule has 13 heterocycles. The highest BCUT2D eigenvalue weighted by molar-refractivity contribution is 7.99. The van der Waals surface area contributed by atoms with Crippen molar-refractivity contribution in [3.8, 4) is 0 Å². The fraction of sp³-hybridized carbons (Fsp3) is 0.747. The lowest BCUT2D eigenvalue weighted by Crippen LogP contribution is -2.43. The normalized spacial score (nSPS) is 16.5. The number of rotatable bonds is 4. The number of carbonyl (C=O) groups is 2. The van der Waals surface area contributed by atoms with Gasteiger partial charge in [-0.15, -0.1) is 22.0 Å². The molecule has 3 fully saturated rings. The first-order valence-electron chi connectivity index (χ1n) is 42.0. The van der Waals surface area contributed by atoms with E-state index in [4.69, 9.17) is 0 Å². The largest absolute Gasteiger partial charge is 0.363 e. The minimum absolute atomic E-state index is 0. The van der Waals surface area contributed by atoms with Gasteiger partial charge in [0.25, 0.3) is 0 Å². The molecule has 0 aromatic carbocycles. The van der Waals surface area contributed by atoms with E-state index in [0.29, 0.717) is 53.1 Å². The van der Waals surface area contributed by atoms with Crippen molar-refractivity contribution < 1.29 is 9.59 Å². The summed E-state index contributed by atoms with van der Waals surface area (Å²) < 4.78 is 7.24. The number of thioether (sulfide) groups is 1. The Labute approximate surface area is 731 Å². The van der Waals surface area contributed by atoms with Crippen LogP contribution in [0, 0.1) is 0 Å². The summed E-state index contributed by atoms with van der Waals surface area (Å²) in [6.07, 6.45) is 39.3.